The third-order valence-corrected chi connectivity index (χ3v) is 7.21. The van der Waals surface area contributed by atoms with Gasteiger partial charge in [0.2, 0.25) is 0 Å². The lowest BCUT2D eigenvalue weighted by molar-refractivity contribution is 0.699. The molecule has 0 unspecified atom stereocenters. The van der Waals surface area contributed by atoms with Crippen LogP contribution in [0.5, 0.6) is 0 Å². The van der Waals surface area contributed by atoms with Crippen LogP contribution in [0.25, 0.3) is 21.1 Å². The zero-order valence-electron chi connectivity index (χ0n) is 14.3. The molecule has 27 heavy (non-hydrogen) atoms. The van der Waals surface area contributed by atoms with Crippen molar-refractivity contribution in [1.29, 1.82) is 0 Å². The number of rotatable bonds is 3. The second-order valence-corrected chi connectivity index (χ2v) is 9.02. The molecule has 1 aliphatic rings. The van der Waals surface area contributed by atoms with E-state index in [1.165, 1.54) is 28.7 Å². The Balaban J connectivity index is 1.50. The monoisotopic (exact) mass is 414 g/mol. The lowest BCUT2D eigenvalue weighted by atomic mass is 9.97. The Morgan fingerprint density at radius 3 is 3.04 bits per heavy atom. The molecule has 0 spiro atoms. The highest BCUT2D eigenvalue weighted by molar-refractivity contribution is 7.98. The fourth-order valence-electron chi connectivity index (χ4n) is 3.54. The van der Waals surface area contributed by atoms with Crippen LogP contribution in [-0.2, 0) is 18.6 Å². The molecule has 1 aliphatic carbocycles. The summed E-state index contributed by atoms with van der Waals surface area (Å²) in [5.74, 6) is 1.18. The van der Waals surface area contributed by atoms with Crippen LogP contribution >= 0.6 is 34.7 Å². The number of nitrogens with zero attached hydrogens (tertiary/aromatic N) is 3. The summed E-state index contributed by atoms with van der Waals surface area (Å²) < 4.78 is 0. The minimum atomic E-state index is -0.168. The molecule has 0 atom stereocenters. The van der Waals surface area contributed by atoms with E-state index < -0.39 is 0 Å². The van der Waals surface area contributed by atoms with E-state index in [1.807, 2.05) is 0 Å². The Morgan fingerprint density at radius 2 is 2.11 bits per heavy atom. The molecule has 0 bridgehead atoms. The van der Waals surface area contributed by atoms with Crippen molar-refractivity contribution in [1.82, 2.24) is 19.9 Å². The quantitative estimate of drug-likeness (QED) is 0.387. The van der Waals surface area contributed by atoms with Crippen LogP contribution in [0.1, 0.15) is 29.1 Å². The number of aromatic amines is 1. The maximum absolute atomic E-state index is 12.3. The number of benzene rings is 1. The van der Waals surface area contributed by atoms with Gasteiger partial charge in [-0.3, -0.25) is 4.79 Å². The van der Waals surface area contributed by atoms with E-state index in [0.29, 0.717) is 27.5 Å². The van der Waals surface area contributed by atoms with Gasteiger partial charge in [0.15, 0.2) is 0 Å². The number of halogens is 1. The van der Waals surface area contributed by atoms with Crippen molar-refractivity contribution in [2.75, 3.05) is 0 Å². The highest BCUT2D eigenvalue weighted by Crippen LogP contribution is 2.39. The van der Waals surface area contributed by atoms with Gasteiger partial charge in [0, 0.05) is 15.3 Å². The van der Waals surface area contributed by atoms with Gasteiger partial charge >= 0.3 is 0 Å². The number of thioether (sulfide) groups is 1. The number of H-pyrrole nitrogens is 1. The van der Waals surface area contributed by atoms with Crippen molar-refractivity contribution in [2.45, 2.75) is 36.5 Å². The highest BCUT2D eigenvalue weighted by atomic mass is 35.5. The van der Waals surface area contributed by atoms with Gasteiger partial charge in [-0.05, 0) is 49.4 Å². The molecule has 0 amide bonds. The van der Waals surface area contributed by atoms with Crippen molar-refractivity contribution in [3.05, 3.63) is 56.2 Å². The van der Waals surface area contributed by atoms with Crippen molar-refractivity contribution in [2.24, 2.45) is 0 Å². The molecular weight excluding hydrogens is 400 g/mol. The molecular formula is C19H15ClN4OS2. The second-order valence-electron chi connectivity index (χ2n) is 6.53. The Hall–Kier alpha value is -1.96. The summed E-state index contributed by atoms with van der Waals surface area (Å²) in [6.07, 6.45) is 6.35. The number of hydrogen-bond donors (Lipinski definition) is 1. The van der Waals surface area contributed by atoms with Gasteiger partial charge in [-0.15, -0.1) is 11.3 Å². The predicted octanol–water partition coefficient (Wildman–Crippen LogP) is 4.75. The van der Waals surface area contributed by atoms with Gasteiger partial charge in [-0.25, -0.2) is 15.0 Å². The maximum atomic E-state index is 12.3. The average Bonchev–Trinajstić information content (AvgIpc) is 3.06. The number of thiophene rings is 1. The van der Waals surface area contributed by atoms with Gasteiger partial charge in [0.05, 0.1) is 16.7 Å². The molecule has 0 radical (unpaired) electrons. The van der Waals surface area contributed by atoms with Gasteiger partial charge in [-0.1, -0.05) is 23.4 Å². The third-order valence-electron chi connectivity index (χ3n) is 4.78. The SMILES string of the molecule is O=c1[nH]c(CSc2ncnc3sc4c(c23)CCCC4)nc2ccc(Cl)cc12. The fraction of sp³-hybridized carbons (Fsp3) is 0.263. The molecule has 1 N–H and O–H groups in total. The highest BCUT2D eigenvalue weighted by Gasteiger charge is 2.20. The second kappa shape index (κ2) is 6.89. The van der Waals surface area contributed by atoms with Crippen molar-refractivity contribution < 1.29 is 0 Å². The Labute approximate surface area is 168 Å². The summed E-state index contributed by atoms with van der Waals surface area (Å²) in [5, 5.41) is 3.20. The average molecular weight is 415 g/mol. The normalized spacial score (nSPS) is 14.0. The number of aryl methyl sites for hydroxylation is 2. The molecule has 1 aromatic carbocycles. The summed E-state index contributed by atoms with van der Waals surface area (Å²) >= 11 is 9.37. The van der Waals surface area contributed by atoms with Crippen molar-refractivity contribution in [3.63, 3.8) is 0 Å². The standard InChI is InChI=1S/C19H15ClN4OS2/c20-10-5-6-13-12(7-10)17(25)24-15(23-13)8-26-18-16-11-3-1-2-4-14(11)27-19(16)22-9-21-18/h5-7,9H,1-4,8H2,(H,23,24,25). The van der Waals surface area contributed by atoms with Crippen LogP contribution in [-0.4, -0.2) is 19.9 Å². The fourth-order valence-corrected chi connectivity index (χ4v) is 5.90. The summed E-state index contributed by atoms with van der Waals surface area (Å²) in [6.45, 7) is 0. The van der Waals surface area contributed by atoms with Crippen LogP contribution in [0.2, 0.25) is 5.02 Å². The summed E-state index contributed by atoms with van der Waals surface area (Å²) in [6, 6.07) is 5.17. The molecule has 136 valence electrons. The van der Waals surface area contributed by atoms with Crippen molar-refractivity contribution in [3.8, 4) is 0 Å². The minimum absolute atomic E-state index is 0.168. The lowest BCUT2D eigenvalue weighted by Gasteiger charge is -2.11. The van der Waals surface area contributed by atoms with Crippen LogP contribution in [0, 0.1) is 0 Å². The lowest BCUT2D eigenvalue weighted by Crippen LogP contribution is -2.11. The Morgan fingerprint density at radius 1 is 1.22 bits per heavy atom. The maximum Gasteiger partial charge on any atom is 0.258 e. The predicted molar refractivity (Wildman–Crippen MR) is 111 cm³/mol. The number of fused-ring (bicyclic) bond motifs is 4. The van der Waals surface area contributed by atoms with Crippen LogP contribution in [0.3, 0.4) is 0 Å². The van der Waals surface area contributed by atoms with E-state index in [0.717, 1.165) is 22.7 Å². The van der Waals surface area contributed by atoms with Crippen LogP contribution in [0.15, 0.2) is 34.3 Å². The van der Waals surface area contributed by atoms with E-state index >= 15 is 0 Å². The first-order valence-electron chi connectivity index (χ1n) is 8.75. The molecule has 8 heteroatoms. The number of nitrogens with one attached hydrogen (secondary N) is 1. The Bertz CT molecular complexity index is 1230. The molecule has 0 aliphatic heterocycles. The van der Waals surface area contributed by atoms with E-state index in [4.69, 9.17) is 11.6 Å². The molecule has 0 saturated carbocycles. The molecule has 5 nitrogen and oxygen atoms in total. The molecule has 3 aromatic heterocycles. The first kappa shape index (κ1) is 17.2. The number of hydrogen-bond acceptors (Lipinski definition) is 6. The molecule has 0 fully saturated rings. The summed E-state index contributed by atoms with van der Waals surface area (Å²) in [5.41, 5.74) is 1.90. The van der Waals surface area contributed by atoms with Crippen molar-refractivity contribution >= 4 is 55.8 Å². The van der Waals surface area contributed by atoms with E-state index in [9.17, 15) is 4.79 Å². The van der Waals surface area contributed by atoms with E-state index in [2.05, 4.69) is 19.9 Å². The van der Waals surface area contributed by atoms with Gasteiger partial charge < -0.3 is 4.98 Å². The molecule has 3 heterocycles. The number of aromatic nitrogens is 4. The summed E-state index contributed by atoms with van der Waals surface area (Å²) in [7, 11) is 0. The molecule has 0 saturated heterocycles. The third kappa shape index (κ3) is 3.13. The zero-order valence-corrected chi connectivity index (χ0v) is 16.7. The Kier molecular flexibility index (Phi) is 4.38. The topological polar surface area (TPSA) is 71.5 Å². The van der Waals surface area contributed by atoms with Gasteiger partial charge in [0.1, 0.15) is 22.0 Å². The largest absolute Gasteiger partial charge is 0.309 e. The van der Waals surface area contributed by atoms with Crippen LogP contribution < -0.4 is 5.56 Å². The summed E-state index contributed by atoms with van der Waals surface area (Å²) in [4.78, 5) is 31.3. The van der Waals surface area contributed by atoms with E-state index in [-0.39, 0.29) is 5.56 Å². The smallest absolute Gasteiger partial charge is 0.258 e. The first-order chi connectivity index (χ1) is 13.2. The molecule has 4 aromatic rings. The van der Waals surface area contributed by atoms with Crippen LogP contribution in [0.4, 0.5) is 0 Å². The molecule has 5 rings (SSSR count). The van der Waals surface area contributed by atoms with Gasteiger partial charge in [0.25, 0.3) is 5.56 Å². The zero-order chi connectivity index (χ0) is 18.4. The van der Waals surface area contributed by atoms with E-state index in [1.54, 1.807) is 47.6 Å². The first-order valence-corrected chi connectivity index (χ1v) is 10.9. The minimum Gasteiger partial charge on any atom is -0.309 e. The van der Waals surface area contributed by atoms with Gasteiger partial charge in [-0.2, -0.15) is 0 Å².